The van der Waals surface area contributed by atoms with E-state index in [1.165, 1.54) is 38.9 Å². The Kier molecular flexibility index (Phi) is 4.88. The van der Waals surface area contributed by atoms with Crippen molar-refractivity contribution in [1.82, 2.24) is 4.98 Å². The molecule has 0 spiro atoms. The summed E-state index contributed by atoms with van der Waals surface area (Å²) >= 11 is 4.12. The number of nitrogens with zero attached hydrogens (tertiary/aromatic N) is 2. The molecule has 1 aromatic carbocycles. The Morgan fingerprint density at radius 2 is 2.03 bits per heavy atom. The molecule has 3 aromatic heterocycles. The maximum absolute atomic E-state index is 13.3. The van der Waals surface area contributed by atoms with Crippen LogP contribution in [0.2, 0.25) is 0 Å². The largest absolute Gasteiger partial charge is 0.503 e. The highest BCUT2D eigenvalue weighted by atomic mass is 32.1. The number of benzene rings is 1. The molecule has 4 aromatic rings. The number of anilines is 1. The van der Waals surface area contributed by atoms with Crippen molar-refractivity contribution in [3.63, 3.8) is 0 Å². The monoisotopic (exact) mass is 468 g/mol. The minimum atomic E-state index is -0.740. The van der Waals surface area contributed by atoms with E-state index < -0.39 is 17.7 Å². The molecule has 1 aliphatic heterocycles. The van der Waals surface area contributed by atoms with Gasteiger partial charge in [0.05, 0.1) is 33.8 Å². The van der Waals surface area contributed by atoms with E-state index in [4.69, 9.17) is 4.74 Å². The van der Waals surface area contributed by atoms with Crippen LogP contribution >= 0.6 is 34.0 Å². The van der Waals surface area contributed by atoms with Gasteiger partial charge in [-0.05, 0) is 59.6 Å². The number of carbonyl (C=O) groups is 2. The van der Waals surface area contributed by atoms with Gasteiger partial charge in [0.1, 0.15) is 5.75 Å². The van der Waals surface area contributed by atoms with Crippen LogP contribution in [0.3, 0.4) is 0 Å². The average molecular weight is 469 g/mol. The smallest absolute Gasteiger partial charge is 0.296 e. The Hall–Kier alpha value is -3.01. The van der Waals surface area contributed by atoms with Crippen molar-refractivity contribution in [2.45, 2.75) is 13.0 Å². The molecule has 1 N–H and O–H groups in total. The molecule has 156 valence electrons. The molecule has 0 bridgehead atoms. The average Bonchev–Trinajstić information content (AvgIpc) is 3.54. The van der Waals surface area contributed by atoms with E-state index in [0.29, 0.717) is 21.3 Å². The molecule has 0 saturated heterocycles. The topological polar surface area (TPSA) is 79.7 Å². The summed E-state index contributed by atoms with van der Waals surface area (Å²) in [6.45, 7) is 1.91. The second kappa shape index (κ2) is 7.60. The van der Waals surface area contributed by atoms with Crippen molar-refractivity contribution in [2.24, 2.45) is 0 Å². The molecule has 1 aliphatic rings. The third-order valence-electron chi connectivity index (χ3n) is 5.07. The number of thiazole rings is 1. The van der Waals surface area contributed by atoms with Crippen LogP contribution in [0.5, 0.6) is 5.75 Å². The Balaban J connectivity index is 1.64. The minimum Gasteiger partial charge on any atom is -0.503 e. The van der Waals surface area contributed by atoms with Crippen molar-refractivity contribution < 1.29 is 19.4 Å². The van der Waals surface area contributed by atoms with E-state index >= 15 is 0 Å². The van der Waals surface area contributed by atoms with E-state index in [1.54, 1.807) is 19.2 Å². The summed E-state index contributed by atoms with van der Waals surface area (Å²) in [5, 5.41) is 15.0. The summed E-state index contributed by atoms with van der Waals surface area (Å²) in [6.07, 6.45) is 0. The summed E-state index contributed by atoms with van der Waals surface area (Å²) in [4.78, 5) is 34.0. The third-order valence-corrected chi connectivity index (χ3v) is 7.78. The van der Waals surface area contributed by atoms with E-state index in [9.17, 15) is 14.7 Å². The van der Waals surface area contributed by atoms with Crippen LogP contribution < -0.4 is 9.64 Å². The number of Topliss-reactive ketones (excluding diaryl/α,β-unsaturated/α-hetero) is 1. The van der Waals surface area contributed by atoms with E-state index in [-0.39, 0.29) is 11.4 Å². The van der Waals surface area contributed by atoms with Gasteiger partial charge in [-0.15, -0.1) is 11.3 Å². The van der Waals surface area contributed by atoms with Gasteiger partial charge in [-0.2, -0.15) is 11.3 Å². The molecule has 0 aliphatic carbocycles. The Bertz CT molecular complexity index is 1350. The van der Waals surface area contributed by atoms with Crippen LogP contribution in [0.15, 0.2) is 58.5 Å². The maximum Gasteiger partial charge on any atom is 0.296 e. The lowest BCUT2D eigenvalue weighted by molar-refractivity contribution is -0.117. The van der Waals surface area contributed by atoms with Crippen LogP contribution in [0.4, 0.5) is 5.13 Å². The van der Waals surface area contributed by atoms with Gasteiger partial charge in [0, 0.05) is 4.88 Å². The van der Waals surface area contributed by atoms with Gasteiger partial charge in [0.15, 0.2) is 10.9 Å². The number of aliphatic hydroxyl groups is 1. The van der Waals surface area contributed by atoms with Gasteiger partial charge >= 0.3 is 0 Å². The predicted octanol–water partition coefficient (Wildman–Crippen LogP) is 5.52. The normalized spacial score (nSPS) is 16.5. The summed E-state index contributed by atoms with van der Waals surface area (Å²) in [5.41, 5.74) is 1.56. The Morgan fingerprint density at radius 1 is 1.19 bits per heavy atom. The molecule has 0 fully saturated rings. The molecule has 4 heterocycles. The first-order valence-electron chi connectivity index (χ1n) is 9.32. The van der Waals surface area contributed by atoms with E-state index in [2.05, 4.69) is 4.98 Å². The quantitative estimate of drug-likeness (QED) is 0.390. The highest BCUT2D eigenvalue weighted by Crippen LogP contribution is 2.45. The van der Waals surface area contributed by atoms with Crippen LogP contribution in [0.1, 0.15) is 26.2 Å². The molecule has 6 nitrogen and oxygen atoms in total. The number of aromatic nitrogens is 1. The molecule has 0 radical (unpaired) electrons. The van der Waals surface area contributed by atoms with Gasteiger partial charge in [-0.25, -0.2) is 4.98 Å². The summed E-state index contributed by atoms with van der Waals surface area (Å²) in [7, 11) is 1.59. The molecule has 1 atom stereocenters. The zero-order valence-corrected chi connectivity index (χ0v) is 18.9. The van der Waals surface area contributed by atoms with Crippen molar-refractivity contribution in [3.8, 4) is 5.75 Å². The zero-order chi connectivity index (χ0) is 21.7. The minimum absolute atomic E-state index is 0.0853. The fraction of sp³-hybridized carbons (Fsp3) is 0.136. The van der Waals surface area contributed by atoms with Gasteiger partial charge in [0.25, 0.3) is 5.91 Å². The molecule has 31 heavy (non-hydrogen) atoms. The number of ether oxygens (including phenoxy) is 1. The number of amides is 1. The molecule has 0 saturated carbocycles. The number of ketones is 1. The molecular weight excluding hydrogens is 452 g/mol. The summed E-state index contributed by atoms with van der Waals surface area (Å²) < 4.78 is 6.13. The summed E-state index contributed by atoms with van der Waals surface area (Å²) in [5.74, 6) is -0.803. The number of fused-ring (bicyclic) bond motifs is 1. The number of thiophene rings is 2. The van der Waals surface area contributed by atoms with E-state index in [1.807, 2.05) is 41.9 Å². The predicted molar refractivity (Wildman–Crippen MR) is 124 cm³/mol. The number of methoxy groups -OCH3 is 1. The van der Waals surface area contributed by atoms with Crippen LogP contribution in [0, 0.1) is 6.92 Å². The van der Waals surface area contributed by atoms with E-state index in [0.717, 1.165) is 15.1 Å². The highest BCUT2D eigenvalue weighted by molar-refractivity contribution is 7.22. The lowest BCUT2D eigenvalue weighted by atomic mass is 9.98. The standard InChI is InChI=1S/C22H16N2O4S3/c1-11-3-6-15(30-11)19(25)17-18(12-7-8-29-10-12)24(21(27)20(17)26)22-23-14-5-4-13(28-2)9-16(14)31-22/h3-10,18,26H,1-2H3. The second-order valence-electron chi connectivity index (χ2n) is 6.97. The first-order chi connectivity index (χ1) is 15.0. The maximum atomic E-state index is 13.3. The van der Waals surface area contributed by atoms with Crippen LogP contribution in [-0.4, -0.2) is 28.9 Å². The van der Waals surface area contributed by atoms with Gasteiger partial charge in [-0.1, -0.05) is 11.3 Å². The molecule has 9 heteroatoms. The molecule has 1 unspecified atom stereocenters. The van der Waals surface area contributed by atoms with Crippen molar-refractivity contribution in [1.29, 1.82) is 0 Å². The lowest BCUT2D eigenvalue weighted by Gasteiger charge is -2.23. The van der Waals surface area contributed by atoms with Gasteiger partial charge < -0.3 is 9.84 Å². The van der Waals surface area contributed by atoms with Crippen molar-refractivity contribution in [3.05, 3.63) is 73.8 Å². The number of hydrogen-bond donors (Lipinski definition) is 1. The SMILES string of the molecule is COc1ccc2nc(N3C(=O)C(O)=C(C(=O)c4ccc(C)s4)C3c3ccsc3)sc2c1. The molecule has 5 rings (SSSR count). The van der Waals surface area contributed by atoms with Crippen LogP contribution in [-0.2, 0) is 4.79 Å². The fourth-order valence-electron chi connectivity index (χ4n) is 3.59. The molecular formula is C22H16N2O4S3. The van der Waals surface area contributed by atoms with Crippen molar-refractivity contribution in [2.75, 3.05) is 12.0 Å². The van der Waals surface area contributed by atoms with Crippen LogP contribution in [0.25, 0.3) is 10.2 Å². The fourth-order valence-corrected chi connectivity index (χ4v) is 6.11. The summed E-state index contributed by atoms with van der Waals surface area (Å²) in [6, 6.07) is 10.2. The van der Waals surface area contributed by atoms with Gasteiger partial charge in [-0.3, -0.25) is 14.5 Å². The number of aliphatic hydroxyl groups excluding tert-OH is 1. The lowest BCUT2D eigenvalue weighted by Crippen LogP contribution is -2.30. The Morgan fingerprint density at radius 3 is 2.71 bits per heavy atom. The molecule has 1 amide bonds. The zero-order valence-electron chi connectivity index (χ0n) is 16.5. The second-order valence-corrected chi connectivity index (χ2v) is 10.0. The number of rotatable bonds is 5. The van der Waals surface area contributed by atoms with Gasteiger partial charge in [0.2, 0.25) is 5.78 Å². The van der Waals surface area contributed by atoms with Crippen molar-refractivity contribution >= 4 is 61.0 Å². The number of hydrogen-bond acceptors (Lipinski definition) is 8. The first-order valence-corrected chi connectivity index (χ1v) is 11.9. The highest BCUT2D eigenvalue weighted by Gasteiger charge is 2.46. The number of carbonyl (C=O) groups excluding carboxylic acids is 2. The first kappa shape index (κ1) is 19.9. The Labute approximate surface area is 189 Å². The third kappa shape index (κ3) is 3.25. The number of aryl methyl sites for hydroxylation is 1.